The number of hydrogen-bond donors (Lipinski definition) is 0. The van der Waals surface area contributed by atoms with Crippen molar-refractivity contribution in [2.24, 2.45) is 0 Å². The Labute approximate surface area is 66.2 Å². The third kappa shape index (κ3) is 2.85. The molecule has 0 aromatic carbocycles. The summed E-state index contributed by atoms with van der Waals surface area (Å²) in [6.07, 6.45) is 1.33. The van der Waals surface area contributed by atoms with Crippen molar-refractivity contribution < 1.29 is 0 Å². The van der Waals surface area contributed by atoms with E-state index in [1.165, 1.54) is 17.9 Å². The van der Waals surface area contributed by atoms with E-state index in [-0.39, 0.29) is 0 Å². The summed E-state index contributed by atoms with van der Waals surface area (Å²) in [4.78, 5) is 0. The predicted molar refractivity (Wildman–Crippen MR) is 48.5 cm³/mol. The highest BCUT2D eigenvalue weighted by molar-refractivity contribution is 8.09. The molecule has 1 aliphatic rings. The van der Waals surface area contributed by atoms with Crippen molar-refractivity contribution in [2.75, 3.05) is 11.5 Å². The fraction of sp³-hybridized carbons (Fsp3) is 1.00. The van der Waals surface area contributed by atoms with E-state index in [1.54, 1.807) is 0 Å². The van der Waals surface area contributed by atoms with E-state index in [0.29, 0.717) is 0 Å². The van der Waals surface area contributed by atoms with Crippen LogP contribution in [-0.4, -0.2) is 22.0 Å². The largest absolute Gasteiger partial charge is 0.158 e. The van der Waals surface area contributed by atoms with Crippen LogP contribution in [-0.2, 0) is 0 Å². The first kappa shape index (κ1) is 7.80. The Morgan fingerprint density at radius 3 is 2.89 bits per heavy atom. The lowest BCUT2D eigenvalue weighted by atomic mass is 10.4. The van der Waals surface area contributed by atoms with Crippen molar-refractivity contribution in [1.82, 2.24) is 0 Å². The minimum atomic E-state index is 0.912. The molecule has 0 amide bonds. The monoisotopic (exact) mass is 162 g/mol. The molecule has 0 radical (unpaired) electrons. The van der Waals surface area contributed by atoms with Crippen molar-refractivity contribution in [2.45, 2.75) is 30.8 Å². The third-order valence-corrected chi connectivity index (χ3v) is 4.26. The Hall–Kier alpha value is 0.700. The number of rotatable bonds is 4. The molecule has 2 atom stereocenters. The molecule has 54 valence electrons. The lowest BCUT2D eigenvalue weighted by Crippen LogP contribution is -2.03. The first-order valence-electron chi connectivity index (χ1n) is 3.57. The van der Waals surface area contributed by atoms with E-state index >= 15 is 0 Å². The Morgan fingerprint density at radius 2 is 2.44 bits per heavy atom. The molecule has 0 saturated carbocycles. The van der Waals surface area contributed by atoms with Gasteiger partial charge in [-0.25, -0.2) is 0 Å². The van der Waals surface area contributed by atoms with Crippen LogP contribution < -0.4 is 0 Å². The van der Waals surface area contributed by atoms with Crippen molar-refractivity contribution in [3.05, 3.63) is 0 Å². The Morgan fingerprint density at radius 1 is 1.78 bits per heavy atom. The molecule has 1 heterocycles. The van der Waals surface area contributed by atoms with Gasteiger partial charge in [0.25, 0.3) is 0 Å². The van der Waals surface area contributed by atoms with Gasteiger partial charge in [-0.1, -0.05) is 13.8 Å². The van der Waals surface area contributed by atoms with Crippen molar-refractivity contribution in [3.8, 4) is 0 Å². The van der Waals surface area contributed by atoms with Crippen LogP contribution in [0.15, 0.2) is 0 Å². The summed E-state index contributed by atoms with van der Waals surface area (Å²) < 4.78 is 0. The highest BCUT2D eigenvalue weighted by Gasteiger charge is 2.28. The molecule has 0 nitrogen and oxygen atoms in total. The second-order valence-electron chi connectivity index (χ2n) is 2.45. The average molecular weight is 162 g/mol. The first-order valence-corrected chi connectivity index (χ1v) is 5.67. The van der Waals surface area contributed by atoms with Gasteiger partial charge in [0.15, 0.2) is 0 Å². The molecule has 9 heavy (non-hydrogen) atoms. The van der Waals surface area contributed by atoms with Crippen LogP contribution in [0.1, 0.15) is 20.3 Å². The second kappa shape index (κ2) is 3.77. The van der Waals surface area contributed by atoms with Crippen molar-refractivity contribution in [1.29, 1.82) is 0 Å². The highest BCUT2D eigenvalue weighted by atomic mass is 32.2. The maximum Gasteiger partial charge on any atom is 0.0254 e. The van der Waals surface area contributed by atoms with Crippen molar-refractivity contribution in [3.63, 3.8) is 0 Å². The molecule has 1 rings (SSSR count). The second-order valence-corrected chi connectivity index (χ2v) is 5.21. The summed E-state index contributed by atoms with van der Waals surface area (Å²) in [7, 11) is 0. The molecule has 0 aromatic heterocycles. The van der Waals surface area contributed by atoms with Gasteiger partial charge >= 0.3 is 0 Å². The van der Waals surface area contributed by atoms with E-state index in [0.717, 1.165) is 10.5 Å². The van der Waals surface area contributed by atoms with Crippen LogP contribution in [0.2, 0.25) is 0 Å². The van der Waals surface area contributed by atoms with E-state index < -0.39 is 0 Å². The minimum absolute atomic E-state index is 0.912. The van der Waals surface area contributed by atoms with Crippen LogP contribution >= 0.6 is 23.5 Å². The molecule has 0 aromatic rings. The topological polar surface area (TPSA) is 0 Å². The van der Waals surface area contributed by atoms with Gasteiger partial charge in [0.1, 0.15) is 0 Å². The molecule has 0 aliphatic carbocycles. The molecule has 2 unspecified atom stereocenters. The fourth-order valence-corrected chi connectivity index (χ4v) is 2.92. The summed E-state index contributed by atoms with van der Waals surface area (Å²) >= 11 is 4.23. The highest BCUT2D eigenvalue weighted by Crippen LogP contribution is 2.38. The SMILES string of the molecule is CCCSC(C)C1CS1. The average Bonchev–Trinajstić information content (AvgIpc) is 2.63. The van der Waals surface area contributed by atoms with Gasteiger partial charge in [-0.05, 0) is 12.2 Å². The number of thioether (sulfide) groups is 2. The molecule has 1 saturated heterocycles. The van der Waals surface area contributed by atoms with E-state index in [2.05, 4.69) is 37.4 Å². The van der Waals surface area contributed by atoms with Crippen LogP contribution in [0.25, 0.3) is 0 Å². The molecular formula is C7H14S2. The molecule has 1 aliphatic heterocycles. The summed E-state index contributed by atoms with van der Waals surface area (Å²) in [6.45, 7) is 4.60. The summed E-state index contributed by atoms with van der Waals surface area (Å²) in [5.74, 6) is 2.76. The van der Waals surface area contributed by atoms with Gasteiger partial charge in [0, 0.05) is 16.3 Å². The standard InChI is InChI=1S/C7H14S2/c1-3-4-8-6(2)7-5-9-7/h6-7H,3-5H2,1-2H3. The molecule has 0 N–H and O–H groups in total. The molecule has 1 fully saturated rings. The lowest BCUT2D eigenvalue weighted by Gasteiger charge is -2.05. The van der Waals surface area contributed by atoms with Crippen LogP contribution in [0.3, 0.4) is 0 Å². The molecular weight excluding hydrogens is 148 g/mol. The zero-order valence-electron chi connectivity index (χ0n) is 6.09. The van der Waals surface area contributed by atoms with Gasteiger partial charge in [-0.15, -0.1) is 0 Å². The summed E-state index contributed by atoms with van der Waals surface area (Å²) in [5.41, 5.74) is 0. The minimum Gasteiger partial charge on any atom is -0.158 e. The zero-order valence-corrected chi connectivity index (χ0v) is 7.73. The van der Waals surface area contributed by atoms with Gasteiger partial charge in [0.2, 0.25) is 0 Å². The predicted octanol–water partition coefficient (Wildman–Crippen LogP) is 2.63. The number of hydrogen-bond acceptors (Lipinski definition) is 2. The summed E-state index contributed by atoms with van der Waals surface area (Å²) in [6, 6.07) is 0. The van der Waals surface area contributed by atoms with Gasteiger partial charge in [-0.2, -0.15) is 23.5 Å². The Balaban J connectivity index is 1.96. The van der Waals surface area contributed by atoms with Gasteiger partial charge < -0.3 is 0 Å². The maximum absolute atomic E-state index is 2.35. The van der Waals surface area contributed by atoms with E-state index in [9.17, 15) is 0 Å². The van der Waals surface area contributed by atoms with Gasteiger partial charge in [0.05, 0.1) is 0 Å². The quantitative estimate of drug-likeness (QED) is 0.583. The molecule has 0 bridgehead atoms. The van der Waals surface area contributed by atoms with Crippen LogP contribution in [0, 0.1) is 0 Å². The fourth-order valence-electron chi connectivity index (χ4n) is 0.738. The smallest absolute Gasteiger partial charge is 0.0254 e. The maximum atomic E-state index is 2.35. The van der Waals surface area contributed by atoms with E-state index in [1.807, 2.05) is 0 Å². The zero-order chi connectivity index (χ0) is 6.69. The first-order chi connectivity index (χ1) is 4.34. The lowest BCUT2D eigenvalue weighted by molar-refractivity contribution is 0.991. The summed E-state index contributed by atoms with van der Waals surface area (Å²) in [5, 5.41) is 1.91. The van der Waals surface area contributed by atoms with Crippen molar-refractivity contribution >= 4 is 23.5 Å². The van der Waals surface area contributed by atoms with Crippen LogP contribution in [0.5, 0.6) is 0 Å². The molecule has 0 spiro atoms. The Bertz CT molecular complexity index is 79.0. The van der Waals surface area contributed by atoms with E-state index in [4.69, 9.17) is 0 Å². The normalized spacial score (nSPS) is 28.0. The third-order valence-electron chi connectivity index (χ3n) is 1.47. The van der Waals surface area contributed by atoms with Crippen LogP contribution in [0.4, 0.5) is 0 Å². The molecule has 2 heteroatoms. The van der Waals surface area contributed by atoms with Gasteiger partial charge in [-0.3, -0.25) is 0 Å². The Kier molecular flexibility index (Phi) is 3.27.